The number of aliphatic imine (C=N–C) groups is 1. The zero-order chi connectivity index (χ0) is 12.5. The minimum absolute atomic E-state index is 0. The Morgan fingerprint density at radius 1 is 1.11 bits per heavy atom. The number of guanidine groups is 1. The zero-order valence-corrected chi connectivity index (χ0v) is 14.2. The van der Waals surface area contributed by atoms with Crippen LogP contribution in [0.1, 0.15) is 39.5 Å². The van der Waals surface area contributed by atoms with Gasteiger partial charge in [-0.15, -0.1) is 24.0 Å². The third kappa shape index (κ3) is 6.78. The average Bonchev–Trinajstić information content (AvgIpc) is 2.59. The highest BCUT2D eigenvalue weighted by atomic mass is 127. The number of nitrogens with zero attached hydrogens (tertiary/aromatic N) is 3. The topological polar surface area (TPSA) is 44.9 Å². The van der Waals surface area contributed by atoms with Gasteiger partial charge in [-0.05, 0) is 39.8 Å². The van der Waals surface area contributed by atoms with Crippen molar-refractivity contribution in [2.24, 2.45) is 10.7 Å². The lowest BCUT2D eigenvalue weighted by atomic mass is 10.2. The third-order valence-electron chi connectivity index (χ3n) is 3.48. The van der Waals surface area contributed by atoms with E-state index in [0.717, 1.165) is 26.2 Å². The van der Waals surface area contributed by atoms with Crippen molar-refractivity contribution < 1.29 is 0 Å². The molecule has 4 nitrogen and oxygen atoms in total. The van der Waals surface area contributed by atoms with Crippen LogP contribution in [0.4, 0.5) is 0 Å². The molecule has 1 rings (SSSR count). The smallest absolute Gasteiger partial charge is 0.191 e. The molecule has 1 fully saturated rings. The highest BCUT2D eigenvalue weighted by Gasteiger charge is 2.08. The molecule has 1 heterocycles. The maximum Gasteiger partial charge on any atom is 0.191 e. The second-order valence-corrected chi connectivity index (χ2v) is 4.67. The first kappa shape index (κ1) is 18.0. The zero-order valence-electron chi connectivity index (χ0n) is 11.9. The standard InChI is InChI=1S/C13H28N4.HI/c1-3-17(4-2)13(14)15-9-12-16-10-7-5-6-8-11-16;/h3-12H2,1-2H3,(H2,14,15);1H. The fourth-order valence-corrected chi connectivity index (χ4v) is 2.31. The lowest BCUT2D eigenvalue weighted by Gasteiger charge is -2.21. The summed E-state index contributed by atoms with van der Waals surface area (Å²) in [5.74, 6) is 0.699. The Morgan fingerprint density at radius 3 is 2.17 bits per heavy atom. The molecule has 0 unspecified atom stereocenters. The van der Waals surface area contributed by atoms with Crippen molar-refractivity contribution >= 4 is 29.9 Å². The predicted octanol–water partition coefficient (Wildman–Crippen LogP) is 2.14. The molecule has 1 aliphatic rings. The Morgan fingerprint density at radius 2 is 1.67 bits per heavy atom. The van der Waals surface area contributed by atoms with Crippen LogP contribution in [0.3, 0.4) is 0 Å². The summed E-state index contributed by atoms with van der Waals surface area (Å²) in [6, 6.07) is 0. The maximum atomic E-state index is 5.94. The van der Waals surface area contributed by atoms with Gasteiger partial charge in [0.05, 0.1) is 6.54 Å². The average molecular weight is 368 g/mol. The van der Waals surface area contributed by atoms with Gasteiger partial charge in [-0.2, -0.15) is 0 Å². The van der Waals surface area contributed by atoms with Gasteiger partial charge in [0.1, 0.15) is 0 Å². The van der Waals surface area contributed by atoms with Crippen molar-refractivity contribution in [3.8, 4) is 0 Å². The van der Waals surface area contributed by atoms with E-state index >= 15 is 0 Å². The number of halogens is 1. The Bertz CT molecular complexity index is 221. The molecule has 1 aliphatic heterocycles. The van der Waals surface area contributed by atoms with Gasteiger partial charge in [-0.25, -0.2) is 0 Å². The predicted molar refractivity (Wildman–Crippen MR) is 89.7 cm³/mol. The molecule has 108 valence electrons. The molecule has 0 aromatic heterocycles. The van der Waals surface area contributed by atoms with E-state index in [9.17, 15) is 0 Å². The van der Waals surface area contributed by atoms with Gasteiger partial charge in [-0.1, -0.05) is 12.8 Å². The molecule has 0 amide bonds. The molecule has 1 saturated heterocycles. The van der Waals surface area contributed by atoms with Gasteiger partial charge in [-0.3, -0.25) is 4.99 Å². The molecule has 2 N–H and O–H groups in total. The number of likely N-dealkylation sites (tertiary alicyclic amines) is 1. The van der Waals surface area contributed by atoms with E-state index in [0.29, 0.717) is 5.96 Å². The largest absolute Gasteiger partial charge is 0.370 e. The van der Waals surface area contributed by atoms with Crippen LogP contribution in [0.5, 0.6) is 0 Å². The third-order valence-corrected chi connectivity index (χ3v) is 3.48. The monoisotopic (exact) mass is 368 g/mol. The highest BCUT2D eigenvalue weighted by Crippen LogP contribution is 2.08. The minimum atomic E-state index is 0. The molecule has 0 radical (unpaired) electrons. The molecule has 5 heteroatoms. The summed E-state index contributed by atoms with van der Waals surface area (Å²) >= 11 is 0. The quantitative estimate of drug-likeness (QED) is 0.460. The lowest BCUT2D eigenvalue weighted by Crippen LogP contribution is -2.37. The van der Waals surface area contributed by atoms with Crippen LogP contribution < -0.4 is 5.73 Å². The van der Waals surface area contributed by atoms with E-state index in [1.165, 1.54) is 38.8 Å². The Labute approximate surface area is 129 Å². The van der Waals surface area contributed by atoms with Crippen LogP contribution in [0, 0.1) is 0 Å². The summed E-state index contributed by atoms with van der Waals surface area (Å²) in [5, 5.41) is 0. The number of nitrogens with two attached hydrogens (primary N) is 1. The Balaban J connectivity index is 0.00000289. The summed E-state index contributed by atoms with van der Waals surface area (Å²) in [6.45, 7) is 10.5. The number of rotatable bonds is 5. The van der Waals surface area contributed by atoms with Crippen molar-refractivity contribution in [1.82, 2.24) is 9.80 Å². The Kier molecular flexibility index (Phi) is 10.8. The summed E-state index contributed by atoms with van der Waals surface area (Å²) in [6.07, 6.45) is 5.47. The first-order valence-corrected chi connectivity index (χ1v) is 7.05. The van der Waals surface area contributed by atoms with Gasteiger partial charge in [0.25, 0.3) is 0 Å². The SMILES string of the molecule is CCN(CC)C(N)=NCCN1CCCCCC1.I. The maximum absolute atomic E-state index is 5.94. The molecule has 0 bridgehead atoms. The number of hydrogen-bond donors (Lipinski definition) is 1. The van der Waals surface area contributed by atoms with Crippen molar-refractivity contribution in [1.29, 1.82) is 0 Å². The van der Waals surface area contributed by atoms with Crippen molar-refractivity contribution in [3.63, 3.8) is 0 Å². The molecule has 0 aromatic rings. The van der Waals surface area contributed by atoms with E-state index in [1.54, 1.807) is 0 Å². The van der Waals surface area contributed by atoms with E-state index in [1.807, 2.05) is 0 Å². The van der Waals surface area contributed by atoms with Gasteiger partial charge in [0.15, 0.2) is 5.96 Å². The Hall–Kier alpha value is -0.0400. The van der Waals surface area contributed by atoms with E-state index in [-0.39, 0.29) is 24.0 Å². The molecular formula is C13H29IN4. The lowest BCUT2D eigenvalue weighted by molar-refractivity contribution is 0.293. The van der Waals surface area contributed by atoms with Gasteiger partial charge < -0.3 is 15.5 Å². The van der Waals surface area contributed by atoms with Crippen LogP contribution in [-0.2, 0) is 0 Å². The molecular weight excluding hydrogens is 339 g/mol. The van der Waals surface area contributed by atoms with Crippen molar-refractivity contribution in [3.05, 3.63) is 0 Å². The van der Waals surface area contributed by atoms with Crippen molar-refractivity contribution in [2.75, 3.05) is 39.3 Å². The molecule has 0 aromatic carbocycles. The van der Waals surface area contributed by atoms with Gasteiger partial charge >= 0.3 is 0 Å². The summed E-state index contributed by atoms with van der Waals surface area (Å²) in [5.41, 5.74) is 5.94. The minimum Gasteiger partial charge on any atom is -0.370 e. The molecule has 18 heavy (non-hydrogen) atoms. The van der Waals surface area contributed by atoms with Gasteiger partial charge in [0.2, 0.25) is 0 Å². The second-order valence-electron chi connectivity index (χ2n) is 4.67. The second kappa shape index (κ2) is 10.8. The molecule has 0 aliphatic carbocycles. The fourth-order valence-electron chi connectivity index (χ4n) is 2.31. The molecule has 0 spiro atoms. The summed E-state index contributed by atoms with van der Waals surface area (Å²) in [7, 11) is 0. The van der Waals surface area contributed by atoms with E-state index in [4.69, 9.17) is 5.73 Å². The first-order chi connectivity index (χ1) is 8.27. The normalized spacial score (nSPS) is 18.0. The van der Waals surface area contributed by atoms with Crippen LogP contribution in [0.15, 0.2) is 4.99 Å². The van der Waals surface area contributed by atoms with Crippen LogP contribution in [0.2, 0.25) is 0 Å². The van der Waals surface area contributed by atoms with E-state index in [2.05, 4.69) is 28.6 Å². The van der Waals surface area contributed by atoms with Gasteiger partial charge in [0, 0.05) is 19.6 Å². The molecule has 0 atom stereocenters. The summed E-state index contributed by atoms with van der Waals surface area (Å²) in [4.78, 5) is 9.09. The number of hydrogen-bond acceptors (Lipinski definition) is 2. The van der Waals surface area contributed by atoms with Crippen LogP contribution >= 0.6 is 24.0 Å². The van der Waals surface area contributed by atoms with E-state index < -0.39 is 0 Å². The first-order valence-electron chi connectivity index (χ1n) is 7.05. The fraction of sp³-hybridized carbons (Fsp3) is 0.923. The van der Waals surface area contributed by atoms with Crippen LogP contribution in [0.25, 0.3) is 0 Å². The van der Waals surface area contributed by atoms with Crippen molar-refractivity contribution in [2.45, 2.75) is 39.5 Å². The summed E-state index contributed by atoms with van der Waals surface area (Å²) < 4.78 is 0. The molecule has 0 saturated carbocycles. The highest BCUT2D eigenvalue weighted by molar-refractivity contribution is 14.0. The van der Waals surface area contributed by atoms with Crippen LogP contribution in [-0.4, -0.2) is 55.0 Å².